The lowest BCUT2D eigenvalue weighted by atomic mass is 9.33. The molecule has 4 aromatic carbocycles. The number of Topliss-reactive ketones (excluding diaryl/α,β-unsaturated/α-hetero) is 2. The maximum Gasteiger partial charge on any atom is 0.273 e. The van der Waals surface area contributed by atoms with E-state index in [2.05, 4.69) is 81.1 Å². The number of nitro benzene ring substituents is 2. The van der Waals surface area contributed by atoms with Gasteiger partial charge in [0.25, 0.3) is 11.4 Å². The monoisotopic (exact) mass is 1670 g/mol. The molecule has 4 aromatic heterocycles. The van der Waals surface area contributed by atoms with Crippen LogP contribution in [0.1, 0.15) is 208 Å². The number of ether oxygens (including phenoxy) is 3. The quantitative estimate of drug-likeness (QED) is 0.0199. The number of ketones is 2. The summed E-state index contributed by atoms with van der Waals surface area (Å²) in [6.45, 7) is 25.0. The number of hydrogen-bond acceptors (Lipinski definition) is 19. The van der Waals surface area contributed by atoms with Crippen LogP contribution in [0.4, 0.5) is 22.7 Å². The third kappa shape index (κ3) is 17.8. The number of aromatic amines is 2. The van der Waals surface area contributed by atoms with Crippen LogP contribution in [0.3, 0.4) is 0 Å². The molecule has 0 spiro atoms. The second kappa shape index (κ2) is 32.9. The molecule has 0 unspecified atom stereocenters. The first-order valence-corrected chi connectivity index (χ1v) is 47.2. The first-order valence-electron chi connectivity index (χ1n) is 43.9. The first-order chi connectivity index (χ1) is 57.3. The second-order valence-electron chi connectivity index (χ2n) is 39.5. The molecule has 23 nitrogen and oxygen atoms in total. The highest BCUT2D eigenvalue weighted by molar-refractivity contribution is 7.92. The minimum atomic E-state index is -4.26. The number of hydrogen-bond donors (Lipinski definition) is 2. The lowest BCUT2D eigenvalue weighted by Gasteiger charge is -2.72. The second-order valence-corrected chi connectivity index (χ2v) is 43.4. The lowest BCUT2D eigenvalue weighted by Crippen LogP contribution is -2.61. The Kier molecular flexibility index (Phi) is 22.8. The van der Waals surface area contributed by atoms with Gasteiger partial charge in [-0.3, -0.25) is 39.6 Å². The molecular formula is C95H116N10O13S2. The highest BCUT2D eigenvalue weighted by atomic mass is 32.2. The predicted molar refractivity (Wildman–Crippen MR) is 466 cm³/mol. The summed E-state index contributed by atoms with van der Waals surface area (Å²) in [5.41, 5.74) is 13.7. The number of carbonyl (C=O) groups is 2. The molecule has 636 valence electrons. The summed E-state index contributed by atoms with van der Waals surface area (Å²) in [4.78, 5) is 75.7. The maximum absolute atomic E-state index is 14.0. The van der Waals surface area contributed by atoms with Gasteiger partial charge in [0.05, 0.1) is 43.2 Å². The van der Waals surface area contributed by atoms with Crippen LogP contribution in [-0.2, 0) is 37.3 Å². The average Bonchev–Trinajstić information content (AvgIpc) is 0.801. The SMILES string of the molecule is CC1(C)CCC(CN2CCN(c3ccc(C(=O)CS(=O)(=O)c4ccc(CCC5CCCCC5)c([N+](=O)[O-])c4)c(Oc4cnc5[nH]ccc5c4)c3)CC2)=C(C23CC(C)(C2)C3)C1.CC1(C)CCC(CN2CCN(c3ccc(C(=O)CS(=O)(=O)c4ccc(CCC5CCOCC5)c([N+](=O)[O-])c4)c(Oc4cnc5[nH]ccc5c4)c3)CC2)=C(C23CC(C)(C2)C3)C1. The van der Waals surface area contributed by atoms with Gasteiger partial charge in [0.15, 0.2) is 31.2 Å². The number of H-pyrrole nitrogens is 2. The number of sulfone groups is 2. The van der Waals surface area contributed by atoms with Crippen molar-refractivity contribution in [1.29, 1.82) is 0 Å². The van der Waals surface area contributed by atoms with Crippen LogP contribution in [0, 0.1) is 64.6 Å². The molecule has 7 saturated carbocycles. The molecule has 3 saturated heterocycles. The Morgan fingerprint density at radius 3 is 1.32 bits per heavy atom. The van der Waals surface area contributed by atoms with E-state index in [1.54, 1.807) is 65.3 Å². The van der Waals surface area contributed by atoms with E-state index < -0.39 is 52.6 Å². The van der Waals surface area contributed by atoms with Crippen LogP contribution in [0.25, 0.3) is 22.1 Å². The molecule has 4 bridgehead atoms. The van der Waals surface area contributed by atoms with Gasteiger partial charge >= 0.3 is 0 Å². The van der Waals surface area contributed by atoms with Gasteiger partial charge in [-0.15, -0.1) is 0 Å². The van der Waals surface area contributed by atoms with Crippen LogP contribution in [0.15, 0.2) is 154 Å². The molecule has 12 aliphatic rings. The van der Waals surface area contributed by atoms with Gasteiger partial charge in [-0.2, -0.15) is 0 Å². The standard InChI is InChI=1S/C48H59N5O6S.C47H57N5O7S/c1-46(2)17-15-36(41(26-46)48-30-47(3,31-48)32-48)28-51-19-21-52(22-20-51)37-12-14-40(44(24-37)59-38-23-35-16-18-49-45(35)50-27-38)43(54)29-60(57,58)39-13-11-34(42(25-39)53(55)56)10-9-33-7-5-4-6-8-33;1-45(2)14-10-35(40(25-45)47-29-46(3,30-47)31-47)27-50-16-18-51(19-17-50)36-7-9-39(43(23-36)59-37-22-34-11-15-48-44(34)49-26-37)42(53)28-60(56,57)38-8-6-33(41(24-38)52(54)55)5-4-32-12-20-58-21-13-32/h11-14,16,18,23-25,27,33H,4-10,15,17,19-22,26,28-32H2,1-3H3,(H,49,50);6-9,11,15,22-24,26,32H,4-5,10,12-14,16-21,25,27-31H2,1-3H3,(H,48,49). The number of anilines is 2. The smallest absolute Gasteiger partial charge is 0.273 e. The average molecular weight is 1670 g/mol. The van der Waals surface area contributed by atoms with Gasteiger partial charge in [0, 0.05) is 149 Å². The summed E-state index contributed by atoms with van der Waals surface area (Å²) in [5, 5.41) is 26.0. The Labute approximate surface area is 705 Å². The number of aryl methyl sites for hydroxylation is 2. The van der Waals surface area contributed by atoms with Crippen LogP contribution in [-0.4, -0.2) is 158 Å². The molecule has 9 aliphatic carbocycles. The maximum atomic E-state index is 14.0. The zero-order valence-electron chi connectivity index (χ0n) is 70.6. The Hall–Kier alpha value is -9.14. The fourth-order valence-electron chi connectivity index (χ4n) is 22.6. The Morgan fingerprint density at radius 1 is 0.517 bits per heavy atom. The minimum Gasteiger partial charge on any atom is -0.455 e. The van der Waals surface area contributed by atoms with Crippen molar-refractivity contribution in [3.63, 3.8) is 0 Å². The largest absolute Gasteiger partial charge is 0.455 e. The van der Waals surface area contributed by atoms with Crippen molar-refractivity contribution in [2.24, 2.45) is 44.3 Å². The number of pyridine rings is 2. The number of aromatic nitrogens is 4. The number of nitrogens with zero attached hydrogens (tertiary/aromatic N) is 8. The summed E-state index contributed by atoms with van der Waals surface area (Å²) < 4.78 is 73.4. The summed E-state index contributed by atoms with van der Waals surface area (Å²) in [6.07, 6.45) is 32.4. The van der Waals surface area contributed by atoms with Crippen LogP contribution in [0.5, 0.6) is 23.0 Å². The molecule has 0 radical (unpaired) electrons. The summed E-state index contributed by atoms with van der Waals surface area (Å²) in [5.74, 6) is -0.819. The first kappa shape index (κ1) is 83.1. The highest BCUT2D eigenvalue weighted by Crippen LogP contribution is 2.79. The molecular weight excluding hydrogens is 1550 g/mol. The van der Waals surface area contributed by atoms with Gasteiger partial charge < -0.3 is 34.0 Å². The number of piperazine rings is 2. The summed E-state index contributed by atoms with van der Waals surface area (Å²) >= 11 is 0. The van der Waals surface area contributed by atoms with Gasteiger partial charge in [0.1, 0.15) is 45.8 Å². The number of nitrogens with one attached hydrogen (secondary N) is 2. The number of allylic oxidation sites excluding steroid dienone is 2. The molecule has 2 N–H and O–H groups in total. The minimum absolute atomic E-state index is 0.111. The zero-order valence-corrected chi connectivity index (χ0v) is 72.2. The van der Waals surface area contributed by atoms with Crippen molar-refractivity contribution in [3.8, 4) is 23.0 Å². The molecule has 7 heterocycles. The Morgan fingerprint density at radius 2 is 0.925 bits per heavy atom. The summed E-state index contributed by atoms with van der Waals surface area (Å²) in [7, 11) is -8.50. The van der Waals surface area contributed by atoms with E-state index >= 15 is 0 Å². The van der Waals surface area contributed by atoms with E-state index in [0.717, 1.165) is 138 Å². The van der Waals surface area contributed by atoms with Crippen molar-refractivity contribution in [2.45, 2.75) is 199 Å². The van der Waals surface area contributed by atoms with Gasteiger partial charge in [-0.25, -0.2) is 26.8 Å². The fraction of sp³-hybridized carbons (Fsp3) is 0.537. The molecule has 25 heteroatoms. The molecule has 8 aromatic rings. The number of nitro groups is 2. The van der Waals surface area contributed by atoms with E-state index in [0.29, 0.717) is 104 Å². The molecule has 0 amide bonds. The molecule has 20 rings (SSSR count). The molecule has 0 atom stereocenters. The lowest BCUT2D eigenvalue weighted by molar-refractivity contribution is -0.385. The van der Waals surface area contributed by atoms with E-state index in [9.17, 15) is 46.7 Å². The van der Waals surface area contributed by atoms with Crippen molar-refractivity contribution in [1.82, 2.24) is 29.7 Å². The number of fused-ring (bicyclic) bond motifs is 2. The van der Waals surface area contributed by atoms with Crippen molar-refractivity contribution >= 4 is 76.1 Å². The van der Waals surface area contributed by atoms with Crippen LogP contribution >= 0.6 is 0 Å². The van der Waals surface area contributed by atoms with Gasteiger partial charge in [-0.1, -0.05) is 108 Å². The Balaban J connectivity index is 0.000000171. The fourth-order valence-corrected chi connectivity index (χ4v) is 25.1. The molecule has 3 aliphatic heterocycles. The number of carbonyl (C=O) groups excluding carboxylic acids is 2. The third-order valence-corrected chi connectivity index (χ3v) is 32.1. The molecule has 120 heavy (non-hydrogen) atoms. The van der Waals surface area contributed by atoms with E-state index in [-0.39, 0.29) is 43.8 Å². The Bertz CT molecular complexity index is 5220. The number of benzene rings is 4. The van der Waals surface area contributed by atoms with Crippen molar-refractivity contribution in [2.75, 3.05) is 100.0 Å². The van der Waals surface area contributed by atoms with Crippen LogP contribution in [0.2, 0.25) is 0 Å². The van der Waals surface area contributed by atoms with Crippen molar-refractivity contribution in [3.05, 3.63) is 187 Å². The topological polar surface area (TPSA) is 287 Å². The molecule has 10 fully saturated rings. The van der Waals surface area contributed by atoms with E-state index in [4.69, 9.17) is 14.2 Å². The third-order valence-electron chi connectivity index (χ3n) is 28.9. The summed E-state index contributed by atoms with van der Waals surface area (Å²) in [6, 6.07) is 26.2. The normalized spacial score (nSPS) is 24.6. The van der Waals surface area contributed by atoms with E-state index in [1.807, 2.05) is 48.5 Å². The van der Waals surface area contributed by atoms with E-state index in [1.165, 1.54) is 115 Å². The highest BCUT2D eigenvalue weighted by Gasteiger charge is 2.68. The zero-order chi connectivity index (χ0) is 83.7. The number of rotatable bonds is 28. The van der Waals surface area contributed by atoms with Crippen LogP contribution < -0.4 is 19.3 Å². The van der Waals surface area contributed by atoms with Gasteiger partial charge in [0.2, 0.25) is 0 Å². The van der Waals surface area contributed by atoms with Gasteiger partial charge in [-0.05, 0) is 221 Å². The van der Waals surface area contributed by atoms with Crippen molar-refractivity contribution < 1.29 is 50.5 Å². The predicted octanol–water partition coefficient (Wildman–Crippen LogP) is 19.3.